The molecule has 0 bridgehead atoms. The Balaban J connectivity index is 1.30. The smallest absolute Gasteiger partial charge is 0.270 e. The van der Waals surface area contributed by atoms with Crippen LogP contribution in [-0.2, 0) is 11.3 Å². The number of aromatic amines is 1. The fourth-order valence-electron chi connectivity index (χ4n) is 4.09. The zero-order chi connectivity index (χ0) is 20.4. The number of fused-ring (bicyclic) bond motifs is 1. The summed E-state index contributed by atoms with van der Waals surface area (Å²) in [5.41, 5.74) is 1.60. The van der Waals surface area contributed by atoms with Gasteiger partial charge in [-0.05, 0) is 49.9 Å². The first-order valence-corrected chi connectivity index (χ1v) is 10.2. The molecular weight excluding hydrogens is 366 g/mol. The number of nitrogens with one attached hydrogen (secondary N) is 2. The van der Waals surface area contributed by atoms with Crippen molar-refractivity contribution in [2.75, 3.05) is 13.1 Å². The first-order valence-electron chi connectivity index (χ1n) is 10.2. The van der Waals surface area contributed by atoms with Gasteiger partial charge in [-0.25, -0.2) is 0 Å². The van der Waals surface area contributed by atoms with E-state index in [4.69, 9.17) is 4.42 Å². The number of rotatable bonds is 5. The fourth-order valence-corrected chi connectivity index (χ4v) is 4.09. The quantitative estimate of drug-likeness (QED) is 0.691. The number of benzene rings is 1. The molecule has 0 unspecified atom stereocenters. The van der Waals surface area contributed by atoms with Crippen molar-refractivity contribution in [3.05, 3.63) is 59.7 Å². The van der Waals surface area contributed by atoms with Gasteiger partial charge in [0.1, 0.15) is 17.2 Å². The van der Waals surface area contributed by atoms with Gasteiger partial charge in [0, 0.05) is 29.9 Å². The van der Waals surface area contributed by atoms with Crippen LogP contribution in [0, 0.1) is 18.8 Å². The van der Waals surface area contributed by atoms with Gasteiger partial charge in [0.2, 0.25) is 5.91 Å². The van der Waals surface area contributed by atoms with E-state index in [0.717, 1.165) is 35.3 Å². The van der Waals surface area contributed by atoms with Gasteiger partial charge in [-0.15, -0.1) is 0 Å². The molecule has 3 aromatic rings. The molecule has 6 heteroatoms. The van der Waals surface area contributed by atoms with Crippen LogP contribution in [0.3, 0.4) is 0 Å². The monoisotopic (exact) mass is 393 g/mol. The second-order valence-corrected chi connectivity index (χ2v) is 7.92. The van der Waals surface area contributed by atoms with Crippen LogP contribution in [0.4, 0.5) is 0 Å². The highest BCUT2D eigenvalue weighted by Gasteiger charge is 2.30. The molecule has 1 saturated heterocycles. The minimum atomic E-state index is -0.0867. The summed E-state index contributed by atoms with van der Waals surface area (Å²) in [6.07, 6.45) is 1.67. The Labute approximate surface area is 170 Å². The maximum absolute atomic E-state index is 12.8. The van der Waals surface area contributed by atoms with Crippen LogP contribution in [0.15, 0.2) is 46.9 Å². The van der Waals surface area contributed by atoms with E-state index in [9.17, 15) is 9.59 Å². The summed E-state index contributed by atoms with van der Waals surface area (Å²) < 4.78 is 5.50. The first-order chi connectivity index (χ1) is 14.0. The van der Waals surface area contributed by atoms with Crippen molar-refractivity contribution in [1.82, 2.24) is 15.2 Å². The summed E-state index contributed by atoms with van der Waals surface area (Å²) in [4.78, 5) is 30.5. The van der Waals surface area contributed by atoms with E-state index in [0.29, 0.717) is 25.3 Å². The number of amides is 2. The Morgan fingerprint density at radius 3 is 2.66 bits per heavy atom. The molecule has 0 saturated carbocycles. The summed E-state index contributed by atoms with van der Waals surface area (Å²) in [5, 5.41) is 4.01. The number of nitrogens with zero attached hydrogens (tertiary/aromatic N) is 1. The van der Waals surface area contributed by atoms with Gasteiger partial charge in [0.25, 0.3) is 5.91 Å². The predicted octanol–water partition coefficient (Wildman–Crippen LogP) is 3.87. The number of carbonyl (C=O) groups is 2. The molecule has 152 valence electrons. The Morgan fingerprint density at radius 2 is 1.97 bits per heavy atom. The molecule has 1 fully saturated rings. The molecule has 2 aromatic heterocycles. The van der Waals surface area contributed by atoms with Crippen LogP contribution in [0.25, 0.3) is 10.9 Å². The van der Waals surface area contributed by atoms with Crippen molar-refractivity contribution in [2.24, 2.45) is 11.8 Å². The van der Waals surface area contributed by atoms with Crippen molar-refractivity contribution in [3.8, 4) is 0 Å². The van der Waals surface area contributed by atoms with E-state index in [1.165, 1.54) is 0 Å². The largest absolute Gasteiger partial charge is 0.465 e. The number of hydrogen-bond acceptors (Lipinski definition) is 3. The van der Waals surface area contributed by atoms with Crippen LogP contribution in [-0.4, -0.2) is 34.8 Å². The third kappa shape index (κ3) is 4.21. The van der Waals surface area contributed by atoms with Crippen LogP contribution < -0.4 is 5.32 Å². The molecule has 3 heterocycles. The Bertz CT molecular complexity index is 978. The van der Waals surface area contributed by atoms with Crippen molar-refractivity contribution in [3.63, 3.8) is 0 Å². The van der Waals surface area contributed by atoms with Crippen LogP contribution in [0.2, 0.25) is 0 Å². The third-order valence-electron chi connectivity index (χ3n) is 5.94. The Kier molecular flexibility index (Phi) is 5.43. The van der Waals surface area contributed by atoms with Crippen molar-refractivity contribution < 1.29 is 14.0 Å². The number of aryl methyl sites for hydroxylation is 1. The summed E-state index contributed by atoms with van der Waals surface area (Å²) in [6, 6.07) is 13.6. The summed E-state index contributed by atoms with van der Waals surface area (Å²) in [7, 11) is 0. The molecule has 1 aliphatic heterocycles. The minimum absolute atomic E-state index is 0.0324. The van der Waals surface area contributed by atoms with E-state index < -0.39 is 0 Å². The average Bonchev–Trinajstić information content (AvgIpc) is 3.37. The maximum Gasteiger partial charge on any atom is 0.270 e. The van der Waals surface area contributed by atoms with E-state index in [1.54, 1.807) is 0 Å². The molecule has 0 aliphatic carbocycles. The molecular formula is C23H27N3O3. The number of likely N-dealkylation sites (tertiary alicyclic amines) is 1. The molecule has 1 atom stereocenters. The Morgan fingerprint density at radius 1 is 1.21 bits per heavy atom. The minimum Gasteiger partial charge on any atom is -0.465 e. The lowest BCUT2D eigenvalue weighted by atomic mass is 9.84. The van der Waals surface area contributed by atoms with E-state index >= 15 is 0 Å². The molecule has 1 aliphatic rings. The van der Waals surface area contributed by atoms with Gasteiger partial charge in [-0.1, -0.05) is 25.1 Å². The highest BCUT2D eigenvalue weighted by Crippen LogP contribution is 2.26. The predicted molar refractivity (Wildman–Crippen MR) is 111 cm³/mol. The SMILES string of the molecule is Cc1ccc(CNC(=O)[C@H](C)C2CCN(C(=O)c3cc4ccccc4[nH]3)CC2)o1. The molecule has 4 rings (SSSR count). The molecule has 0 radical (unpaired) electrons. The molecule has 0 spiro atoms. The van der Waals surface area contributed by atoms with Crippen LogP contribution in [0.1, 0.15) is 41.8 Å². The number of furan rings is 1. The molecule has 2 N–H and O–H groups in total. The number of H-pyrrole nitrogens is 1. The lowest BCUT2D eigenvalue weighted by Gasteiger charge is -2.34. The molecule has 2 amide bonds. The number of aromatic nitrogens is 1. The standard InChI is InChI=1S/C23H27N3O3/c1-15-7-8-19(29-15)14-24-22(27)16(2)17-9-11-26(12-10-17)23(28)21-13-18-5-3-4-6-20(18)25-21/h3-8,13,16-17,25H,9-12,14H2,1-2H3,(H,24,27)/t16-/m1/s1. The zero-order valence-electron chi connectivity index (χ0n) is 16.9. The fraction of sp³-hybridized carbons (Fsp3) is 0.391. The summed E-state index contributed by atoms with van der Waals surface area (Å²) in [6.45, 7) is 5.62. The van der Waals surface area contributed by atoms with Crippen LogP contribution in [0.5, 0.6) is 0 Å². The first kappa shape index (κ1) is 19.3. The highest BCUT2D eigenvalue weighted by molar-refractivity contribution is 5.98. The third-order valence-corrected chi connectivity index (χ3v) is 5.94. The molecule has 29 heavy (non-hydrogen) atoms. The van der Waals surface area contributed by atoms with E-state index in [2.05, 4.69) is 10.3 Å². The highest BCUT2D eigenvalue weighted by atomic mass is 16.3. The summed E-state index contributed by atoms with van der Waals surface area (Å²) >= 11 is 0. The van der Waals surface area contributed by atoms with Crippen molar-refractivity contribution >= 4 is 22.7 Å². The second-order valence-electron chi connectivity index (χ2n) is 7.92. The van der Waals surface area contributed by atoms with Crippen LogP contribution >= 0.6 is 0 Å². The normalized spacial score (nSPS) is 16.1. The van der Waals surface area contributed by atoms with Gasteiger partial charge >= 0.3 is 0 Å². The summed E-state index contributed by atoms with van der Waals surface area (Å²) in [5.74, 6) is 1.87. The Hall–Kier alpha value is -3.02. The average molecular weight is 393 g/mol. The zero-order valence-corrected chi connectivity index (χ0v) is 16.9. The van der Waals surface area contributed by atoms with Gasteiger partial charge < -0.3 is 19.6 Å². The van der Waals surface area contributed by atoms with Gasteiger partial charge in [0.05, 0.1) is 6.54 Å². The maximum atomic E-state index is 12.8. The number of piperidine rings is 1. The molecule has 6 nitrogen and oxygen atoms in total. The number of hydrogen-bond donors (Lipinski definition) is 2. The second kappa shape index (κ2) is 8.15. The van der Waals surface area contributed by atoms with E-state index in [-0.39, 0.29) is 23.7 Å². The topological polar surface area (TPSA) is 78.3 Å². The number of para-hydroxylation sites is 1. The van der Waals surface area contributed by atoms with E-state index in [1.807, 2.05) is 61.2 Å². The lowest BCUT2D eigenvalue weighted by molar-refractivity contribution is -0.126. The van der Waals surface area contributed by atoms with Crippen molar-refractivity contribution in [1.29, 1.82) is 0 Å². The van der Waals surface area contributed by atoms with Crippen molar-refractivity contribution in [2.45, 2.75) is 33.2 Å². The van der Waals surface area contributed by atoms with Gasteiger partial charge in [-0.2, -0.15) is 0 Å². The lowest BCUT2D eigenvalue weighted by Crippen LogP contribution is -2.42. The van der Waals surface area contributed by atoms with Gasteiger partial charge in [-0.3, -0.25) is 9.59 Å². The van der Waals surface area contributed by atoms with Gasteiger partial charge in [0.15, 0.2) is 0 Å². The number of carbonyl (C=O) groups excluding carboxylic acids is 2. The molecule has 1 aromatic carbocycles.